The lowest BCUT2D eigenvalue weighted by Gasteiger charge is -1.86. The van der Waals surface area contributed by atoms with Gasteiger partial charge in [-0.25, -0.2) is 0 Å². The summed E-state index contributed by atoms with van der Waals surface area (Å²) in [6.45, 7) is 2.89. The summed E-state index contributed by atoms with van der Waals surface area (Å²) in [5, 5.41) is 0. The molecule has 0 rings (SSSR count). The standard InChI is InChI=1S/C5H11PS2/c1-2-3-4-5-8-6-7/h2-5H2,1H3/p+1. The fourth-order valence-electron chi connectivity index (χ4n) is 0.466. The van der Waals surface area contributed by atoms with Crippen molar-refractivity contribution in [3.8, 4) is 0 Å². The molecule has 0 radical (unpaired) electrons. The molecule has 0 heterocycles. The van der Waals surface area contributed by atoms with Crippen LogP contribution in [0.15, 0.2) is 0 Å². The van der Waals surface area contributed by atoms with E-state index in [2.05, 4.69) is 6.92 Å². The molecule has 0 nitrogen and oxygen atoms in total. The van der Waals surface area contributed by atoms with E-state index in [1.165, 1.54) is 25.0 Å². The number of hydrogen-bond donors (Lipinski definition) is 0. The van der Waals surface area contributed by atoms with Crippen LogP contribution in [0.3, 0.4) is 0 Å². The predicted octanol–water partition coefficient (Wildman–Crippen LogP) is 2.97. The second-order valence-corrected chi connectivity index (χ2v) is 5.37. The molecule has 0 fully saturated rings. The van der Waals surface area contributed by atoms with Crippen LogP contribution in [0.25, 0.3) is 0 Å². The first-order chi connectivity index (χ1) is 3.91. The fraction of sp³-hybridized carbons (Fsp3) is 1.00. The summed E-state index contributed by atoms with van der Waals surface area (Å²) in [5.41, 5.74) is 0. The number of hydrogen-bond acceptors (Lipinski definition) is 2. The highest BCUT2D eigenvalue weighted by Gasteiger charge is 1.89. The average molecular weight is 167 g/mol. The summed E-state index contributed by atoms with van der Waals surface area (Å²) in [4.78, 5) is 0. The topological polar surface area (TPSA) is 0 Å². The van der Waals surface area contributed by atoms with E-state index in [4.69, 9.17) is 11.8 Å². The summed E-state index contributed by atoms with van der Waals surface area (Å²) in [5.74, 6) is 1.27. The molecule has 0 aromatic rings. The van der Waals surface area contributed by atoms with Gasteiger partial charge in [-0.2, -0.15) is 0 Å². The van der Waals surface area contributed by atoms with Crippen LogP contribution in [0.2, 0.25) is 0 Å². The quantitative estimate of drug-likeness (QED) is 0.456. The maximum Gasteiger partial charge on any atom is 0.230 e. The minimum Gasteiger partial charge on any atom is -0.0654 e. The van der Waals surface area contributed by atoms with Crippen LogP contribution >= 0.6 is 17.9 Å². The molecule has 3 heteroatoms. The van der Waals surface area contributed by atoms with E-state index in [0.717, 1.165) is 0 Å². The third kappa shape index (κ3) is 6.87. The largest absolute Gasteiger partial charge is 0.230 e. The molecule has 0 aromatic carbocycles. The highest BCUT2D eigenvalue weighted by molar-refractivity contribution is 8.57. The van der Waals surface area contributed by atoms with Crippen LogP contribution in [0, 0.1) is 0 Å². The van der Waals surface area contributed by atoms with Gasteiger partial charge in [0.05, 0.1) is 11.4 Å². The molecule has 0 N–H and O–H groups in total. The summed E-state index contributed by atoms with van der Waals surface area (Å²) in [6.07, 6.45) is 4.04. The minimum atomic E-state index is 0.669. The van der Waals surface area contributed by atoms with Crippen LogP contribution in [-0.2, 0) is 11.8 Å². The van der Waals surface area contributed by atoms with E-state index < -0.39 is 0 Å². The zero-order chi connectivity index (χ0) is 6.24. The van der Waals surface area contributed by atoms with Crippen molar-refractivity contribution in [3.05, 3.63) is 0 Å². The second-order valence-electron chi connectivity index (χ2n) is 1.64. The van der Waals surface area contributed by atoms with E-state index in [0.29, 0.717) is 6.56 Å². The molecule has 0 aliphatic heterocycles. The smallest absolute Gasteiger partial charge is 0.0654 e. The number of unbranched alkanes of at least 4 members (excludes halogenated alkanes) is 2. The first-order valence-corrected chi connectivity index (χ1v) is 6.75. The Bertz CT molecular complexity index is 56.4. The molecule has 8 heavy (non-hydrogen) atoms. The Morgan fingerprint density at radius 2 is 2.25 bits per heavy atom. The molecule has 0 saturated carbocycles. The van der Waals surface area contributed by atoms with E-state index in [-0.39, 0.29) is 0 Å². The molecule has 0 aromatic heterocycles. The molecular formula is C5H12PS2+. The molecule has 0 bridgehead atoms. The predicted molar refractivity (Wildman–Crippen MR) is 47.7 cm³/mol. The Kier molecular flexibility index (Phi) is 8.73. The summed E-state index contributed by atoms with van der Waals surface area (Å²) in [6, 6.07) is 0. The summed E-state index contributed by atoms with van der Waals surface area (Å²) < 4.78 is 0. The van der Waals surface area contributed by atoms with E-state index in [1.54, 1.807) is 0 Å². The van der Waals surface area contributed by atoms with Gasteiger partial charge in [-0.15, -0.1) is 0 Å². The lowest BCUT2D eigenvalue weighted by Crippen LogP contribution is -1.73. The highest BCUT2D eigenvalue weighted by atomic mass is 32.9. The molecule has 0 amide bonds. The first kappa shape index (κ1) is 8.87. The van der Waals surface area contributed by atoms with Crippen molar-refractivity contribution in [2.24, 2.45) is 0 Å². The molecule has 0 aliphatic carbocycles. The summed E-state index contributed by atoms with van der Waals surface area (Å²) in [7, 11) is 0. The third-order valence-electron chi connectivity index (χ3n) is 0.909. The van der Waals surface area contributed by atoms with Crippen LogP contribution in [0.5, 0.6) is 0 Å². The van der Waals surface area contributed by atoms with Crippen molar-refractivity contribution in [2.45, 2.75) is 26.2 Å². The van der Waals surface area contributed by atoms with Crippen LogP contribution < -0.4 is 0 Å². The maximum absolute atomic E-state index is 4.79. The van der Waals surface area contributed by atoms with Crippen LogP contribution in [-0.4, -0.2) is 5.75 Å². The highest BCUT2D eigenvalue weighted by Crippen LogP contribution is 2.18. The van der Waals surface area contributed by atoms with Crippen molar-refractivity contribution in [2.75, 3.05) is 5.75 Å². The van der Waals surface area contributed by atoms with Gasteiger partial charge in [0.15, 0.2) is 11.8 Å². The molecule has 1 atom stereocenters. The SMILES string of the molecule is CCCCCS[PH+]=S. The Hall–Kier alpha value is 0.870. The lowest BCUT2D eigenvalue weighted by molar-refractivity contribution is 0.780. The minimum absolute atomic E-state index is 0.669. The maximum atomic E-state index is 4.79. The van der Waals surface area contributed by atoms with E-state index >= 15 is 0 Å². The molecule has 48 valence electrons. The average Bonchev–Trinajstić information content (AvgIpc) is 1.81. The van der Waals surface area contributed by atoms with Gasteiger partial charge in [-0.1, -0.05) is 19.8 Å². The fourth-order valence-corrected chi connectivity index (χ4v) is 2.33. The normalized spacial score (nSPS) is 10.1. The van der Waals surface area contributed by atoms with Gasteiger partial charge in [-0.05, 0) is 6.42 Å². The second kappa shape index (κ2) is 7.87. The lowest BCUT2D eigenvalue weighted by atomic mass is 10.3. The van der Waals surface area contributed by atoms with Gasteiger partial charge >= 0.3 is 0 Å². The number of rotatable bonds is 5. The first-order valence-electron chi connectivity index (χ1n) is 2.90. The third-order valence-corrected chi connectivity index (χ3v) is 3.55. The van der Waals surface area contributed by atoms with E-state index in [9.17, 15) is 0 Å². The van der Waals surface area contributed by atoms with Gasteiger partial charge in [0.1, 0.15) is 0 Å². The molecule has 0 spiro atoms. The Balaban J connectivity index is 2.62. The van der Waals surface area contributed by atoms with Gasteiger partial charge in [-0.3, -0.25) is 0 Å². The molecular weight excluding hydrogens is 155 g/mol. The molecule has 0 aliphatic rings. The Labute approximate surface area is 62.0 Å². The van der Waals surface area contributed by atoms with Crippen molar-refractivity contribution in [3.63, 3.8) is 0 Å². The van der Waals surface area contributed by atoms with Crippen molar-refractivity contribution < 1.29 is 0 Å². The summed E-state index contributed by atoms with van der Waals surface area (Å²) >= 11 is 6.68. The monoisotopic (exact) mass is 167 g/mol. The van der Waals surface area contributed by atoms with Gasteiger partial charge in [0.25, 0.3) is 0 Å². The van der Waals surface area contributed by atoms with Crippen molar-refractivity contribution in [1.29, 1.82) is 0 Å². The van der Waals surface area contributed by atoms with Crippen molar-refractivity contribution >= 4 is 29.7 Å². The van der Waals surface area contributed by atoms with Crippen molar-refractivity contribution in [1.82, 2.24) is 0 Å². The van der Waals surface area contributed by atoms with Crippen LogP contribution in [0.1, 0.15) is 26.2 Å². The zero-order valence-electron chi connectivity index (χ0n) is 5.14. The van der Waals surface area contributed by atoms with E-state index in [1.807, 2.05) is 11.4 Å². The molecule has 0 saturated heterocycles. The van der Waals surface area contributed by atoms with Gasteiger partial charge in [0, 0.05) is 5.75 Å². The molecule has 1 unspecified atom stereocenters. The van der Waals surface area contributed by atoms with Crippen LogP contribution in [0.4, 0.5) is 0 Å². The Morgan fingerprint density at radius 3 is 2.75 bits per heavy atom. The van der Waals surface area contributed by atoms with Gasteiger partial charge in [0.2, 0.25) is 6.56 Å². The zero-order valence-corrected chi connectivity index (χ0v) is 7.78. The van der Waals surface area contributed by atoms with Gasteiger partial charge < -0.3 is 0 Å². The Morgan fingerprint density at radius 1 is 1.50 bits per heavy atom.